The number of rotatable bonds is 3. The van der Waals surface area contributed by atoms with Crippen molar-refractivity contribution in [2.75, 3.05) is 12.4 Å². The van der Waals surface area contributed by atoms with E-state index in [4.69, 9.17) is 0 Å². The molecule has 140 valence electrons. The summed E-state index contributed by atoms with van der Waals surface area (Å²) in [7, 11) is 1.67. The van der Waals surface area contributed by atoms with E-state index in [0.717, 1.165) is 22.2 Å². The van der Waals surface area contributed by atoms with Crippen LogP contribution in [0.15, 0.2) is 65.8 Å². The second-order valence-corrected chi connectivity index (χ2v) is 6.93. The number of anilines is 1. The Labute approximate surface area is 162 Å². The molecule has 2 heterocycles. The van der Waals surface area contributed by atoms with E-state index >= 15 is 0 Å². The van der Waals surface area contributed by atoms with Crippen LogP contribution in [0, 0.1) is 5.92 Å². The van der Waals surface area contributed by atoms with Crippen LogP contribution in [0.2, 0.25) is 0 Å². The fourth-order valence-corrected chi connectivity index (χ4v) is 3.26. The monoisotopic (exact) mass is 372 g/mol. The molecular weight excluding hydrogens is 352 g/mol. The van der Waals surface area contributed by atoms with Crippen molar-refractivity contribution in [1.82, 2.24) is 9.99 Å². The Hall–Kier alpha value is -3.54. The third-order valence-electron chi connectivity index (χ3n) is 4.84. The van der Waals surface area contributed by atoms with E-state index in [-0.39, 0.29) is 17.7 Å². The number of fused-ring (bicyclic) bond motifs is 1. The number of benzene rings is 2. The topological polar surface area (TPSA) is 74.7 Å². The average molecular weight is 372 g/mol. The lowest BCUT2D eigenvalue weighted by atomic mass is 9.94. The van der Waals surface area contributed by atoms with Crippen LogP contribution in [0.3, 0.4) is 0 Å². The van der Waals surface area contributed by atoms with E-state index in [0.29, 0.717) is 17.8 Å². The molecule has 2 aromatic carbocycles. The van der Waals surface area contributed by atoms with Crippen molar-refractivity contribution in [3.05, 3.63) is 71.9 Å². The van der Waals surface area contributed by atoms with Crippen LogP contribution >= 0.6 is 0 Å². The predicted octanol–water partition coefficient (Wildman–Crippen LogP) is 3.69. The largest absolute Gasteiger partial charge is 0.321 e. The van der Waals surface area contributed by atoms with Crippen LogP contribution in [0.1, 0.15) is 29.4 Å². The quantitative estimate of drug-likeness (QED) is 0.762. The van der Waals surface area contributed by atoms with Crippen molar-refractivity contribution in [3.63, 3.8) is 0 Å². The van der Waals surface area contributed by atoms with Crippen molar-refractivity contribution >= 4 is 34.1 Å². The lowest BCUT2D eigenvalue weighted by molar-refractivity contribution is -0.131. The molecule has 0 saturated carbocycles. The van der Waals surface area contributed by atoms with Gasteiger partial charge in [0, 0.05) is 30.5 Å². The normalized spacial score (nSPS) is 16.8. The zero-order valence-electron chi connectivity index (χ0n) is 15.7. The summed E-state index contributed by atoms with van der Waals surface area (Å²) in [6.45, 7) is 1.99. The number of carbonyl (C=O) groups excluding carboxylic acids is 2. The summed E-state index contributed by atoms with van der Waals surface area (Å²) in [5.41, 5.74) is 3.64. The van der Waals surface area contributed by atoms with Gasteiger partial charge in [-0.2, -0.15) is 5.10 Å². The number of para-hydroxylation sites is 1. The first-order valence-corrected chi connectivity index (χ1v) is 9.14. The molecule has 6 nitrogen and oxygen atoms in total. The van der Waals surface area contributed by atoms with Crippen LogP contribution < -0.4 is 5.32 Å². The van der Waals surface area contributed by atoms with E-state index in [1.165, 1.54) is 5.01 Å². The van der Waals surface area contributed by atoms with Gasteiger partial charge in [0.15, 0.2) is 0 Å². The fraction of sp³-hybridized carbons (Fsp3) is 0.182. The minimum absolute atomic E-state index is 0.0167. The maximum Gasteiger partial charge on any atom is 0.274 e. The lowest BCUT2D eigenvalue weighted by Gasteiger charge is -2.24. The van der Waals surface area contributed by atoms with Crippen LogP contribution in [0.25, 0.3) is 10.9 Å². The van der Waals surface area contributed by atoms with E-state index in [2.05, 4.69) is 15.4 Å². The first-order chi connectivity index (χ1) is 13.5. The third kappa shape index (κ3) is 3.49. The summed E-state index contributed by atoms with van der Waals surface area (Å²) >= 11 is 0. The maximum atomic E-state index is 12.5. The maximum absolute atomic E-state index is 12.5. The van der Waals surface area contributed by atoms with Gasteiger partial charge in [-0.25, -0.2) is 9.99 Å². The molecule has 6 heteroatoms. The zero-order chi connectivity index (χ0) is 19.7. The van der Waals surface area contributed by atoms with Crippen molar-refractivity contribution in [3.8, 4) is 0 Å². The number of aromatic nitrogens is 1. The number of hydrazone groups is 1. The van der Waals surface area contributed by atoms with Gasteiger partial charge in [-0.1, -0.05) is 43.3 Å². The predicted molar refractivity (Wildman–Crippen MR) is 109 cm³/mol. The van der Waals surface area contributed by atoms with E-state index < -0.39 is 0 Å². The number of nitrogens with zero attached hydrogens (tertiary/aromatic N) is 3. The van der Waals surface area contributed by atoms with Crippen molar-refractivity contribution in [2.24, 2.45) is 11.0 Å². The third-order valence-corrected chi connectivity index (χ3v) is 4.84. The van der Waals surface area contributed by atoms with Crippen LogP contribution in [-0.2, 0) is 4.79 Å². The van der Waals surface area contributed by atoms with Gasteiger partial charge in [0.2, 0.25) is 5.91 Å². The minimum atomic E-state index is -0.257. The molecule has 0 aliphatic carbocycles. The Morgan fingerprint density at radius 3 is 2.61 bits per heavy atom. The molecule has 1 aliphatic heterocycles. The Morgan fingerprint density at radius 2 is 1.82 bits per heavy atom. The first kappa shape index (κ1) is 17.9. The van der Waals surface area contributed by atoms with Gasteiger partial charge in [-0.3, -0.25) is 9.59 Å². The summed E-state index contributed by atoms with van der Waals surface area (Å²) in [6, 6.07) is 18.8. The highest BCUT2D eigenvalue weighted by Gasteiger charge is 2.25. The molecule has 3 aromatic rings. The van der Waals surface area contributed by atoms with Gasteiger partial charge in [0.25, 0.3) is 5.91 Å². The molecule has 1 aliphatic rings. The highest BCUT2D eigenvalue weighted by Crippen LogP contribution is 2.21. The molecule has 0 radical (unpaired) electrons. The molecule has 0 bridgehead atoms. The van der Waals surface area contributed by atoms with Crippen LogP contribution in [-0.4, -0.2) is 34.6 Å². The zero-order valence-corrected chi connectivity index (χ0v) is 15.7. The summed E-state index contributed by atoms with van der Waals surface area (Å²) in [5.74, 6) is -0.179. The second-order valence-electron chi connectivity index (χ2n) is 6.93. The van der Waals surface area contributed by atoms with Gasteiger partial charge in [0.05, 0.1) is 11.2 Å². The number of nitrogens with one attached hydrogen (secondary N) is 1. The highest BCUT2D eigenvalue weighted by molar-refractivity contribution is 6.07. The summed E-state index contributed by atoms with van der Waals surface area (Å²) in [4.78, 5) is 28.7. The molecule has 0 spiro atoms. The second kappa shape index (κ2) is 7.23. The molecule has 1 aromatic heterocycles. The Balaban J connectivity index is 1.52. The smallest absolute Gasteiger partial charge is 0.274 e. The molecule has 1 atom stereocenters. The van der Waals surface area contributed by atoms with Gasteiger partial charge < -0.3 is 5.32 Å². The molecule has 0 saturated heterocycles. The first-order valence-electron chi connectivity index (χ1n) is 9.14. The standard InChI is InChI=1S/C22H20N4O2/c1-14-13-20(27)26(2)25-21(14)16-7-10-17(11-8-16)23-22(28)19-12-9-15-5-3-4-6-18(15)24-19/h3-12,14H,13H2,1-2H3,(H,23,28). The van der Waals surface area contributed by atoms with E-state index in [1.54, 1.807) is 13.1 Å². The average Bonchev–Trinajstić information content (AvgIpc) is 2.71. The summed E-state index contributed by atoms with van der Waals surface area (Å²) in [6.07, 6.45) is 0.446. The molecule has 4 rings (SSSR count). The Kier molecular flexibility index (Phi) is 4.61. The number of hydrogen-bond donors (Lipinski definition) is 1. The van der Waals surface area contributed by atoms with Crippen LogP contribution in [0.5, 0.6) is 0 Å². The SMILES string of the molecule is CC1CC(=O)N(C)N=C1c1ccc(NC(=O)c2ccc3ccccc3n2)cc1. The van der Waals surface area contributed by atoms with Gasteiger partial charge in [0.1, 0.15) is 5.69 Å². The molecule has 1 unspecified atom stereocenters. The highest BCUT2D eigenvalue weighted by atomic mass is 16.2. The van der Waals surface area contributed by atoms with Gasteiger partial charge in [-0.15, -0.1) is 0 Å². The molecule has 2 amide bonds. The Morgan fingerprint density at radius 1 is 1.07 bits per heavy atom. The molecule has 1 N–H and O–H groups in total. The number of amides is 2. The minimum Gasteiger partial charge on any atom is -0.321 e. The molecule has 0 fully saturated rings. The molecule has 28 heavy (non-hydrogen) atoms. The lowest BCUT2D eigenvalue weighted by Crippen LogP contribution is -2.33. The van der Waals surface area contributed by atoms with Gasteiger partial charge >= 0.3 is 0 Å². The number of pyridine rings is 1. The van der Waals surface area contributed by atoms with E-state index in [1.807, 2.05) is 61.5 Å². The summed E-state index contributed by atoms with van der Waals surface area (Å²) in [5, 5.41) is 9.64. The van der Waals surface area contributed by atoms with Crippen molar-refractivity contribution in [1.29, 1.82) is 0 Å². The number of carbonyl (C=O) groups is 2. The summed E-state index contributed by atoms with van der Waals surface area (Å²) < 4.78 is 0. The van der Waals surface area contributed by atoms with Crippen molar-refractivity contribution < 1.29 is 9.59 Å². The van der Waals surface area contributed by atoms with Crippen LogP contribution in [0.4, 0.5) is 5.69 Å². The Bertz CT molecular complexity index is 1090. The molecular formula is C22H20N4O2. The fourth-order valence-electron chi connectivity index (χ4n) is 3.26. The van der Waals surface area contributed by atoms with E-state index in [9.17, 15) is 9.59 Å². The number of hydrogen-bond acceptors (Lipinski definition) is 4. The van der Waals surface area contributed by atoms with Crippen molar-refractivity contribution in [2.45, 2.75) is 13.3 Å². The van der Waals surface area contributed by atoms with Gasteiger partial charge in [-0.05, 0) is 29.8 Å².